The summed E-state index contributed by atoms with van der Waals surface area (Å²) in [5.41, 5.74) is 2.63. The van der Waals surface area contributed by atoms with Gasteiger partial charge in [-0.15, -0.1) is 30.6 Å². The predicted octanol–water partition coefficient (Wildman–Crippen LogP) is 3.46. The molecule has 2 N–H and O–H groups in total. The number of rotatable bonds is 6. The van der Waals surface area contributed by atoms with Crippen LogP contribution in [-0.4, -0.2) is 25.6 Å². The van der Waals surface area contributed by atoms with Gasteiger partial charge in [0.2, 0.25) is 0 Å². The van der Waals surface area contributed by atoms with Gasteiger partial charge >= 0.3 is 0 Å². The molecule has 0 amide bonds. The normalized spacial score (nSPS) is 12.2. The number of guanidine groups is 1. The zero-order valence-electron chi connectivity index (χ0n) is 12.6. The van der Waals surface area contributed by atoms with E-state index in [0.29, 0.717) is 5.92 Å². The number of nitrogens with zero attached hydrogens (tertiary/aromatic N) is 1. The summed E-state index contributed by atoms with van der Waals surface area (Å²) >= 11 is 0. The lowest BCUT2D eigenvalue weighted by molar-refractivity contribution is 0.756. The average molecular weight is 387 g/mol. The summed E-state index contributed by atoms with van der Waals surface area (Å²) in [6.07, 6.45) is 1.83. The van der Waals surface area contributed by atoms with E-state index in [-0.39, 0.29) is 24.0 Å². The highest BCUT2D eigenvalue weighted by Gasteiger charge is 2.05. The van der Waals surface area contributed by atoms with Crippen LogP contribution in [0.25, 0.3) is 0 Å². The molecule has 0 radical (unpaired) electrons. The monoisotopic (exact) mass is 387 g/mol. The summed E-state index contributed by atoms with van der Waals surface area (Å²) < 4.78 is 0. The predicted molar refractivity (Wildman–Crippen MR) is 99.2 cm³/mol. The van der Waals surface area contributed by atoms with Gasteiger partial charge < -0.3 is 10.6 Å². The Labute approximate surface area is 140 Å². The first-order valence-electron chi connectivity index (χ1n) is 6.87. The maximum absolute atomic E-state index is 4.60. The van der Waals surface area contributed by atoms with E-state index in [4.69, 9.17) is 0 Å². The third kappa shape index (κ3) is 6.93. The van der Waals surface area contributed by atoms with Gasteiger partial charge in [0.25, 0.3) is 0 Å². The van der Waals surface area contributed by atoms with Gasteiger partial charge in [0.05, 0.1) is 0 Å². The van der Waals surface area contributed by atoms with Gasteiger partial charge in [-0.3, -0.25) is 4.99 Å². The van der Waals surface area contributed by atoms with Gasteiger partial charge in [0.15, 0.2) is 5.96 Å². The average Bonchev–Trinajstić information content (AvgIpc) is 2.41. The van der Waals surface area contributed by atoms with Crippen LogP contribution >= 0.6 is 24.0 Å². The van der Waals surface area contributed by atoms with Gasteiger partial charge in [0, 0.05) is 25.6 Å². The Hall–Kier alpha value is -1.04. The fourth-order valence-electron chi connectivity index (χ4n) is 1.82. The lowest BCUT2D eigenvalue weighted by atomic mass is 10.00. The molecule has 0 heterocycles. The van der Waals surface area contributed by atoms with E-state index in [9.17, 15) is 0 Å². The van der Waals surface area contributed by atoms with Crippen molar-refractivity contribution in [2.75, 3.05) is 19.6 Å². The van der Waals surface area contributed by atoms with Crippen molar-refractivity contribution >= 4 is 29.9 Å². The van der Waals surface area contributed by atoms with Crippen LogP contribution in [0.15, 0.2) is 41.9 Å². The van der Waals surface area contributed by atoms with Gasteiger partial charge in [-0.05, 0) is 19.4 Å². The molecule has 1 aromatic rings. The first-order valence-corrected chi connectivity index (χ1v) is 6.87. The van der Waals surface area contributed by atoms with E-state index >= 15 is 0 Å². The van der Waals surface area contributed by atoms with Crippen LogP contribution < -0.4 is 10.6 Å². The third-order valence-electron chi connectivity index (χ3n) is 2.89. The van der Waals surface area contributed by atoms with Crippen LogP contribution in [0.2, 0.25) is 0 Å². The second-order valence-electron chi connectivity index (χ2n) is 4.70. The van der Waals surface area contributed by atoms with Crippen LogP contribution in [0, 0.1) is 6.92 Å². The highest BCUT2D eigenvalue weighted by atomic mass is 127. The summed E-state index contributed by atoms with van der Waals surface area (Å²) in [6.45, 7) is 12.5. The molecule has 0 saturated carbocycles. The van der Waals surface area contributed by atoms with Crippen LogP contribution in [0.3, 0.4) is 0 Å². The summed E-state index contributed by atoms with van der Waals surface area (Å²) in [4.78, 5) is 4.60. The minimum Gasteiger partial charge on any atom is -0.357 e. The van der Waals surface area contributed by atoms with Crippen molar-refractivity contribution in [3.8, 4) is 0 Å². The Kier molecular flexibility index (Phi) is 10.2. The van der Waals surface area contributed by atoms with Crippen molar-refractivity contribution in [2.45, 2.75) is 26.7 Å². The molecule has 0 aliphatic heterocycles. The number of halogens is 1. The number of hydrogen-bond donors (Lipinski definition) is 2. The molecule has 0 bridgehead atoms. The molecule has 0 saturated heterocycles. The molecule has 4 heteroatoms. The number of aryl methyl sites for hydroxylation is 1. The lowest BCUT2D eigenvalue weighted by Crippen LogP contribution is -2.37. The number of benzene rings is 1. The highest BCUT2D eigenvalue weighted by Crippen LogP contribution is 2.16. The maximum Gasteiger partial charge on any atom is 0.191 e. The van der Waals surface area contributed by atoms with E-state index in [1.54, 1.807) is 0 Å². The lowest BCUT2D eigenvalue weighted by Gasteiger charge is -2.13. The molecule has 1 aromatic carbocycles. The van der Waals surface area contributed by atoms with Gasteiger partial charge in [-0.25, -0.2) is 0 Å². The van der Waals surface area contributed by atoms with Gasteiger partial charge in [0.1, 0.15) is 0 Å². The molecule has 1 unspecified atom stereocenters. The molecule has 0 aromatic heterocycles. The molecular formula is C16H26IN3. The SMILES string of the molecule is C=CCNC(=NCC(C)c1cccc(C)c1)NCC.I. The summed E-state index contributed by atoms with van der Waals surface area (Å²) in [5, 5.41) is 6.44. The number of aliphatic imine (C=N–C) groups is 1. The molecule has 0 aliphatic rings. The molecule has 0 aliphatic carbocycles. The van der Waals surface area contributed by atoms with Crippen molar-refractivity contribution in [2.24, 2.45) is 4.99 Å². The van der Waals surface area contributed by atoms with E-state index < -0.39 is 0 Å². The minimum atomic E-state index is 0. The van der Waals surface area contributed by atoms with Gasteiger partial charge in [-0.2, -0.15) is 0 Å². The van der Waals surface area contributed by atoms with Crippen molar-refractivity contribution in [1.82, 2.24) is 10.6 Å². The summed E-state index contributed by atoms with van der Waals surface area (Å²) in [6, 6.07) is 8.61. The Balaban J connectivity index is 0.00000361. The molecule has 0 spiro atoms. The van der Waals surface area contributed by atoms with Crippen LogP contribution in [0.5, 0.6) is 0 Å². The fourth-order valence-corrected chi connectivity index (χ4v) is 1.82. The molecule has 1 atom stereocenters. The van der Waals surface area contributed by atoms with Crippen LogP contribution in [-0.2, 0) is 0 Å². The minimum absolute atomic E-state index is 0. The van der Waals surface area contributed by atoms with Crippen LogP contribution in [0.1, 0.15) is 30.9 Å². The second kappa shape index (κ2) is 10.7. The van der Waals surface area contributed by atoms with Crippen LogP contribution in [0.4, 0.5) is 0 Å². The Morgan fingerprint density at radius 3 is 2.75 bits per heavy atom. The zero-order chi connectivity index (χ0) is 14.1. The van der Waals surface area contributed by atoms with E-state index in [0.717, 1.165) is 25.6 Å². The molecule has 20 heavy (non-hydrogen) atoms. The highest BCUT2D eigenvalue weighted by molar-refractivity contribution is 14.0. The molecule has 0 fully saturated rings. The molecule has 1 rings (SSSR count). The van der Waals surface area contributed by atoms with E-state index in [1.807, 2.05) is 6.08 Å². The topological polar surface area (TPSA) is 36.4 Å². The smallest absolute Gasteiger partial charge is 0.191 e. The molecule has 3 nitrogen and oxygen atoms in total. The van der Waals surface area contributed by atoms with Crippen molar-refractivity contribution in [3.05, 3.63) is 48.0 Å². The van der Waals surface area contributed by atoms with E-state index in [2.05, 4.69) is 67.2 Å². The first kappa shape index (κ1) is 19.0. The Morgan fingerprint density at radius 2 is 2.15 bits per heavy atom. The van der Waals surface area contributed by atoms with Crippen molar-refractivity contribution in [1.29, 1.82) is 0 Å². The molecule has 112 valence electrons. The van der Waals surface area contributed by atoms with E-state index in [1.165, 1.54) is 11.1 Å². The number of nitrogens with one attached hydrogen (secondary N) is 2. The quantitative estimate of drug-likeness (QED) is 0.340. The summed E-state index contributed by atoms with van der Waals surface area (Å²) in [5.74, 6) is 1.26. The second-order valence-corrected chi connectivity index (χ2v) is 4.70. The molecular weight excluding hydrogens is 361 g/mol. The van der Waals surface area contributed by atoms with Crippen molar-refractivity contribution in [3.63, 3.8) is 0 Å². The maximum atomic E-state index is 4.60. The Morgan fingerprint density at radius 1 is 1.40 bits per heavy atom. The standard InChI is InChI=1S/C16H25N3.HI/c1-5-10-18-16(17-6-2)19-12-14(4)15-9-7-8-13(3)11-15;/h5,7-9,11,14H,1,6,10,12H2,2-4H3,(H2,17,18,19);1H. The summed E-state index contributed by atoms with van der Waals surface area (Å²) in [7, 11) is 0. The largest absolute Gasteiger partial charge is 0.357 e. The number of hydrogen-bond acceptors (Lipinski definition) is 1. The Bertz CT molecular complexity index is 429. The third-order valence-corrected chi connectivity index (χ3v) is 2.89. The fraction of sp³-hybridized carbons (Fsp3) is 0.438. The van der Waals surface area contributed by atoms with Gasteiger partial charge in [-0.1, -0.05) is 42.8 Å². The first-order chi connectivity index (χ1) is 9.17. The van der Waals surface area contributed by atoms with Crippen molar-refractivity contribution < 1.29 is 0 Å². The zero-order valence-corrected chi connectivity index (χ0v) is 15.0.